The lowest BCUT2D eigenvalue weighted by Crippen LogP contribution is -2.16. The molecule has 1 N–H and O–H groups in total. The van der Waals surface area contributed by atoms with Crippen molar-refractivity contribution >= 4 is 21.6 Å². The first-order valence-electron chi connectivity index (χ1n) is 6.66. The molecule has 0 spiro atoms. The number of hydrogen-bond acceptors (Lipinski definition) is 3. The average Bonchev–Trinajstić information content (AvgIpc) is 2.72. The van der Waals surface area contributed by atoms with E-state index in [1.165, 1.54) is 5.56 Å². The summed E-state index contributed by atoms with van der Waals surface area (Å²) in [6, 6.07) is 2.09. The zero-order valence-electron chi connectivity index (χ0n) is 12.7. The summed E-state index contributed by atoms with van der Waals surface area (Å²) in [6.07, 6.45) is 3.91. The Morgan fingerprint density at radius 2 is 2.05 bits per heavy atom. The van der Waals surface area contributed by atoms with Crippen molar-refractivity contribution < 1.29 is 0 Å². The number of aromatic nitrogens is 3. The van der Waals surface area contributed by atoms with E-state index in [1.54, 1.807) is 0 Å². The maximum Gasteiger partial charge on any atom is 0.109 e. The fraction of sp³-hybridized carbons (Fsp3) is 0.467. The van der Waals surface area contributed by atoms with Gasteiger partial charge < -0.3 is 5.32 Å². The second-order valence-electron chi connectivity index (χ2n) is 6.11. The summed E-state index contributed by atoms with van der Waals surface area (Å²) in [4.78, 5) is 4.30. The van der Waals surface area contributed by atoms with E-state index in [0.29, 0.717) is 0 Å². The number of pyridine rings is 1. The third kappa shape index (κ3) is 3.39. The van der Waals surface area contributed by atoms with Gasteiger partial charge in [0.15, 0.2) is 0 Å². The number of halogens is 1. The molecule has 2 aromatic heterocycles. The monoisotopic (exact) mass is 336 g/mol. The largest absolute Gasteiger partial charge is 0.380 e. The molecule has 0 fully saturated rings. The van der Waals surface area contributed by atoms with Gasteiger partial charge in [0, 0.05) is 30.8 Å². The molecule has 0 amide bonds. The van der Waals surface area contributed by atoms with Crippen LogP contribution in [-0.4, -0.2) is 14.8 Å². The zero-order valence-corrected chi connectivity index (χ0v) is 14.2. The summed E-state index contributed by atoms with van der Waals surface area (Å²) in [7, 11) is 1.96. The second kappa shape index (κ2) is 5.56. The normalized spacial score (nSPS) is 11.7. The van der Waals surface area contributed by atoms with E-state index < -0.39 is 0 Å². The van der Waals surface area contributed by atoms with Gasteiger partial charge in [0.25, 0.3) is 0 Å². The van der Waals surface area contributed by atoms with Crippen LogP contribution in [-0.2, 0) is 19.0 Å². The van der Waals surface area contributed by atoms with Gasteiger partial charge in [0.2, 0.25) is 0 Å². The van der Waals surface area contributed by atoms with Crippen LogP contribution in [0.25, 0.3) is 0 Å². The van der Waals surface area contributed by atoms with Crippen LogP contribution >= 0.6 is 15.9 Å². The zero-order chi connectivity index (χ0) is 14.9. The number of aryl methyl sites for hydroxylation is 2. The highest BCUT2D eigenvalue weighted by atomic mass is 79.9. The minimum atomic E-state index is 0.0478. The molecular weight excluding hydrogens is 316 g/mol. The lowest BCUT2D eigenvalue weighted by molar-refractivity contribution is 0.549. The van der Waals surface area contributed by atoms with Crippen molar-refractivity contribution in [1.29, 1.82) is 0 Å². The first kappa shape index (κ1) is 15.0. The summed E-state index contributed by atoms with van der Waals surface area (Å²) >= 11 is 3.41. The van der Waals surface area contributed by atoms with Gasteiger partial charge in [0.1, 0.15) is 4.60 Å². The minimum absolute atomic E-state index is 0.0478. The topological polar surface area (TPSA) is 42.7 Å². The van der Waals surface area contributed by atoms with Crippen LogP contribution in [0.2, 0.25) is 0 Å². The van der Waals surface area contributed by atoms with E-state index in [1.807, 2.05) is 24.9 Å². The van der Waals surface area contributed by atoms with Crippen LogP contribution in [0.15, 0.2) is 23.1 Å². The maximum absolute atomic E-state index is 4.58. The quantitative estimate of drug-likeness (QED) is 0.867. The Kier molecular flexibility index (Phi) is 4.18. The van der Waals surface area contributed by atoms with Crippen LogP contribution < -0.4 is 5.32 Å². The summed E-state index contributed by atoms with van der Waals surface area (Å²) in [5, 5.41) is 8.00. The predicted molar refractivity (Wildman–Crippen MR) is 85.9 cm³/mol. The van der Waals surface area contributed by atoms with Crippen LogP contribution in [0, 0.1) is 6.92 Å². The molecule has 0 aliphatic heterocycles. The van der Waals surface area contributed by atoms with E-state index in [-0.39, 0.29) is 5.41 Å². The average molecular weight is 337 g/mol. The molecule has 2 aromatic rings. The number of nitrogens with zero attached hydrogens (tertiary/aromatic N) is 3. The van der Waals surface area contributed by atoms with Crippen molar-refractivity contribution in [3.05, 3.63) is 39.9 Å². The number of nitrogens with one attached hydrogen (secondary N) is 1. The molecule has 0 bridgehead atoms. The molecule has 20 heavy (non-hydrogen) atoms. The van der Waals surface area contributed by atoms with Crippen molar-refractivity contribution in [2.24, 2.45) is 7.05 Å². The molecule has 0 aliphatic carbocycles. The number of hydrogen-bond donors (Lipinski definition) is 1. The lowest BCUT2D eigenvalue weighted by Gasteiger charge is -2.18. The van der Waals surface area contributed by atoms with Crippen molar-refractivity contribution in [3.63, 3.8) is 0 Å². The molecule has 0 atom stereocenters. The highest BCUT2D eigenvalue weighted by Crippen LogP contribution is 2.25. The highest BCUT2D eigenvalue weighted by molar-refractivity contribution is 9.10. The molecule has 0 aliphatic rings. The maximum atomic E-state index is 4.58. The number of rotatable bonds is 3. The fourth-order valence-corrected chi connectivity index (χ4v) is 2.37. The van der Waals surface area contributed by atoms with Gasteiger partial charge in [-0.2, -0.15) is 5.10 Å². The Morgan fingerprint density at radius 3 is 2.65 bits per heavy atom. The summed E-state index contributed by atoms with van der Waals surface area (Å²) in [6.45, 7) is 9.34. The van der Waals surface area contributed by atoms with Gasteiger partial charge in [-0.3, -0.25) is 4.68 Å². The molecule has 4 nitrogen and oxygen atoms in total. The molecular formula is C15H21BrN4. The van der Waals surface area contributed by atoms with E-state index in [4.69, 9.17) is 0 Å². The standard InChI is InChI=1S/C15H21BrN4/c1-10-6-12(8-18-14(10)16)17-7-11-9-20(5)19-13(11)15(2,3)4/h6,8-9,17H,7H2,1-5H3. The van der Waals surface area contributed by atoms with Gasteiger partial charge in [-0.15, -0.1) is 0 Å². The Bertz CT molecular complexity index is 611. The molecule has 0 saturated carbocycles. The fourth-order valence-electron chi connectivity index (χ4n) is 2.15. The van der Waals surface area contributed by atoms with Crippen LogP contribution in [0.5, 0.6) is 0 Å². The van der Waals surface area contributed by atoms with Crippen LogP contribution in [0.4, 0.5) is 5.69 Å². The molecule has 0 saturated heterocycles. The molecule has 0 radical (unpaired) electrons. The van der Waals surface area contributed by atoms with Crippen LogP contribution in [0.3, 0.4) is 0 Å². The summed E-state index contributed by atoms with van der Waals surface area (Å²) < 4.78 is 2.77. The van der Waals surface area contributed by atoms with Gasteiger partial charge in [-0.05, 0) is 34.5 Å². The van der Waals surface area contributed by atoms with E-state index in [0.717, 1.165) is 28.1 Å². The molecule has 2 heterocycles. The van der Waals surface area contributed by atoms with Crippen molar-refractivity contribution in [3.8, 4) is 0 Å². The van der Waals surface area contributed by atoms with Gasteiger partial charge >= 0.3 is 0 Å². The van der Waals surface area contributed by atoms with Crippen molar-refractivity contribution in [1.82, 2.24) is 14.8 Å². The van der Waals surface area contributed by atoms with Crippen molar-refractivity contribution in [2.75, 3.05) is 5.32 Å². The number of anilines is 1. The minimum Gasteiger partial charge on any atom is -0.380 e. The third-order valence-electron chi connectivity index (χ3n) is 3.11. The van der Waals surface area contributed by atoms with Gasteiger partial charge in [-0.25, -0.2) is 4.98 Å². The summed E-state index contributed by atoms with van der Waals surface area (Å²) in [5.74, 6) is 0. The van der Waals surface area contributed by atoms with E-state index >= 15 is 0 Å². The third-order valence-corrected chi connectivity index (χ3v) is 3.94. The Morgan fingerprint density at radius 1 is 1.35 bits per heavy atom. The summed E-state index contributed by atoms with van der Waals surface area (Å²) in [5.41, 5.74) is 4.55. The molecule has 0 aromatic carbocycles. The van der Waals surface area contributed by atoms with E-state index in [9.17, 15) is 0 Å². The Balaban J connectivity index is 2.17. The van der Waals surface area contributed by atoms with Gasteiger partial charge in [0.05, 0.1) is 17.6 Å². The first-order chi connectivity index (χ1) is 9.27. The molecule has 5 heteroatoms. The first-order valence-corrected chi connectivity index (χ1v) is 7.45. The molecule has 108 valence electrons. The van der Waals surface area contributed by atoms with Gasteiger partial charge in [-0.1, -0.05) is 20.8 Å². The SMILES string of the molecule is Cc1cc(NCc2cn(C)nc2C(C)(C)C)cnc1Br. The van der Waals surface area contributed by atoms with Crippen LogP contribution in [0.1, 0.15) is 37.6 Å². The smallest absolute Gasteiger partial charge is 0.109 e. The highest BCUT2D eigenvalue weighted by Gasteiger charge is 2.21. The van der Waals surface area contributed by atoms with E-state index in [2.05, 4.69) is 64.4 Å². The Hall–Kier alpha value is -1.36. The Labute approximate surface area is 128 Å². The second-order valence-corrected chi connectivity index (χ2v) is 6.86. The molecule has 2 rings (SSSR count). The lowest BCUT2D eigenvalue weighted by atomic mass is 9.89. The molecule has 0 unspecified atom stereocenters. The predicted octanol–water partition coefficient (Wildman–Crippen LogP) is 3.80. The van der Waals surface area contributed by atoms with Crippen molar-refractivity contribution in [2.45, 2.75) is 39.7 Å².